The third kappa shape index (κ3) is 3.20. The Bertz CT molecular complexity index is 626. The molecule has 2 aromatic rings. The lowest BCUT2D eigenvalue weighted by molar-refractivity contribution is -0.134. The fraction of sp³-hybridized carbons (Fsp3) is 0.250. The molecule has 0 unspecified atom stereocenters. The summed E-state index contributed by atoms with van der Waals surface area (Å²) in [5.74, 6) is -1.14. The van der Waals surface area contributed by atoms with Crippen molar-refractivity contribution in [1.82, 2.24) is 4.98 Å². The summed E-state index contributed by atoms with van der Waals surface area (Å²) in [7, 11) is 0. The summed E-state index contributed by atoms with van der Waals surface area (Å²) in [4.78, 5) is 16.2. The van der Waals surface area contributed by atoms with Crippen LogP contribution in [0.3, 0.4) is 0 Å². The summed E-state index contributed by atoms with van der Waals surface area (Å²) >= 11 is 0. The number of hydrogen-bond acceptors (Lipinski definition) is 4. The van der Waals surface area contributed by atoms with Gasteiger partial charge in [-0.05, 0) is 24.6 Å². The van der Waals surface area contributed by atoms with Gasteiger partial charge in [0.2, 0.25) is 0 Å². The number of nitrogens with zero attached hydrogens (tertiary/aromatic N) is 1. The molecule has 5 nitrogen and oxygen atoms in total. The number of aliphatic hydroxyl groups is 1. The van der Waals surface area contributed by atoms with Crippen molar-refractivity contribution in [2.45, 2.75) is 25.4 Å². The van der Waals surface area contributed by atoms with Crippen LogP contribution in [0, 0.1) is 0 Å². The Labute approximate surface area is 123 Å². The highest BCUT2D eigenvalue weighted by molar-refractivity contribution is 5.97. The minimum absolute atomic E-state index is 0.0306. The zero-order valence-corrected chi connectivity index (χ0v) is 11.9. The standard InChI is InChI=1S/C16H18N2O3/c1-11(12-7-4-3-5-8-12)16(2,21)15(20)18-14-13(19)9-6-10-17-14/h3-11,19,21H,1-2H3,(H,17,18,20)/t11-,16+/m1/s1. The normalized spacial score (nSPS) is 15.0. The molecule has 0 saturated carbocycles. The van der Waals surface area contributed by atoms with Crippen LogP contribution in [0.25, 0.3) is 0 Å². The van der Waals surface area contributed by atoms with E-state index in [-0.39, 0.29) is 11.6 Å². The van der Waals surface area contributed by atoms with E-state index in [4.69, 9.17) is 0 Å². The van der Waals surface area contributed by atoms with Gasteiger partial charge in [-0.3, -0.25) is 4.79 Å². The van der Waals surface area contributed by atoms with E-state index in [0.717, 1.165) is 5.56 Å². The first-order valence-corrected chi connectivity index (χ1v) is 6.65. The monoisotopic (exact) mass is 286 g/mol. The van der Waals surface area contributed by atoms with Crippen LogP contribution in [0.1, 0.15) is 25.3 Å². The van der Waals surface area contributed by atoms with Crippen molar-refractivity contribution in [3.8, 4) is 5.75 Å². The van der Waals surface area contributed by atoms with Crippen LogP contribution in [0.4, 0.5) is 5.82 Å². The maximum absolute atomic E-state index is 12.3. The molecule has 0 bridgehead atoms. The second-order valence-corrected chi connectivity index (χ2v) is 5.11. The van der Waals surface area contributed by atoms with Crippen molar-refractivity contribution in [3.05, 3.63) is 54.2 Å². The van der Waals surface area contributed by atoms with E-state index >= 15 is 0 Å². The molecule has 5 heteroatoms. The summed E-state index contributed by atoms with van der Waals surface area (Å²) < 4.78 is 0. The number of carbonyl (C=O) groups is 1. The maximum atomic E-state index is 12.3. The quantitative estimate of drug-likeness (QED) is 0.805. The van der Waals surface area contributed by atoms with E-state index in [9.17, 15) is 15.0 Å². The van der Waals surface area contributed by atoms with Gasteiger partial charge in [-0.15, -0.1) is 0 Å². The van der Waals surface area contributed by atoms with Gasteiger partial charge in [0.05, 0.1) is 0 Å². The van der Waals surface area contributed by atoms with Crippen molar-refractivity contribution in [1.29, 1.82) is 0 Å². The Balaban J connectivity index is 2.19. The Morgan fingerprint density at radius 1 is 1.24 bits per heavy atom. The predicted octanol–water partition coefficient (Wildman–Crippen LogP) is 2.28. The van der Waals surface area contributed by atoms with Crippen LogP contribution < -0.4 is 5.32 Å². The van der Waals surface area contributed by atoms with Crippen molar-refractivity contribution in [2.24, 2.45) is 0 Å². The van der Waals surface area contributed by atoms with E-state index in [1.807, 2.05) is 30.3 Å². The van der Waals surface area contributed by atoms with Crippen LogP contribution in [0.2, 0.25) is 0 Å². The van der Waals surface area contributed by atoms with Crippen LogP contribution in [-0.2, 0) is 4.79 Å². The Morgan fingerprint density at radius 3 is 2.52 bits per heavy atom. The van der Waals surface area contributed by atoms with Gasteiger partial charge in [-0.1, -0.05) is 37.3 Å². The average molecular weight is 286 g/mol. The van der Waals surface area contributed by atoms with E-state index in [0.29, 0.717) is 0 Å². The lowest BCUT2D eigenvalue weighted by atomic mass is 9.84. The van der Waals surface area contributed by atoms with Gasteiger partial charge in [0.1, 0.15) is 5.60 Å². The second kappa shape index (κ2) is 5.93. The number of benzene rings is 1. The molecule has 110 valence electrons. The van der Waals surface area contributed by atoms with Gasteiger partial charge in [0.15, 0.2) is 11.6 Å². The highest BCUT2D eigenvalue weighted by Gasteiger charge is 2.37. The van der Waals surface area contributed by atoms with E-state index in [2.05, 4.69) is 10.3 Å². The molecule has 2 rings (SSSR count). The number of rotatable bonds is 4. The second-order valence-electron chi connectivity index (χ2n) is 5.11. The Hall–Kier alpha value is -2.40. The molecule has 0 aliphatic rings. The summed E-state index contributed by atoms with van der Waals surface area (Å²) in [5.41, 5.74) is -0.784. The van der Waals surface area contributed by atoms with Crippen LogP contribution in [0.15, 0.2) is 48.7 Å². The van der Waals surface area contributed by atoms with Crippen molar-refractivity contribution in [2.75, 3.05) is 5.32 Å². The van der Waals surface area contributed by atoms with Crippen LogP contribution >= 0.6 is 0 Å². The highest BCUT2D eigenvalue weighted by Crippen LogP contribution is 2.29. The Morgan fingerprint density at radius 2 is 1.90 bits per heavy atom. The van der Waals surface area contributed by atoms with Gasteiger partial charge in [0.25, 0.3) is 5.91 Å². The van der Waals surface area contributed by atoms with Gasteiger partial charge in [0, 0.05) is 12.1 Å². The topological polar surface area (TPSA) is 82.5 Å². The largest absolute Gasteiger partial charge is 0.504 e. The first kappa shape index (κ1) is 15.0. The van der Waals surface area contributed by atoms with Gasteiger partial charge in [-0.2, -0.15) is 0 Å². The number of aromatic hydroxyl groups is 1. The zero-order valence-electron chi connectivity index (χ0n) is 11.9. The molecule has 0 aliphatic heterocycles. The number of nitrogens with one attached hydrogen (secondary N) is 1. The molecule has 1 aromatic carbocycles. The molecule has 3 N–H and O–H groups in total. The maximum Gasteiger partial charge on any atom is 0.257 e. The molecule has 0 saturated heterocycles. The number of anilines is 1. The fourth-order valence-electron chi connectivity index (χ4n) is 1.99. The number of carbonyl (C=O) groups excluding carboxylic acids is 1. The average Bonchev–Trinajstić information content (AvgIpc) is 2.49. The molecule has 1 aromatic heterocycles. The molecule has 0 spiro atoms. The van der Waals surface area contributed by atoms with Crippen molar-refractivity contribution >= 4 is 11.7 Å². The SMILES string of the molecule is C[C@H](c1ccccc1)[C@](C)(O)C(=O)Nc1ncccc1O. The zero-order chi connectivity index (χ0) is 15.5. The van der Waals surface area contributed by atoms with E-state index in [1.54, 1.807) is 13.0 Å². The van der Waals surface area contributed by atoms with Crippen LogP contribution in [-0.4, -0.2) is 26.7 Å². The van der Waals surface area contributed by atoms with Gasteiger partial charge in [-0.25, -0.2) is 4.98 Å². The van der Waals surface area contributed by atoms with Crippen LogP contribution in [0.5, 0.6) is 5.75 Å². The third-order valence-corrected chi connectivity index (χ3v) is 3.62. The number of pyridine rings is 1. The summed E-state index contributed by atoms with van der Waals surface area (Å²) in [6.45, 7) is 3.22. The molecular weight excluding hydrogens is 268 g/mol. The highest BCUT2D eigenvalue weighted by atomic mass is 16.3. The first-order valence-electron chi connectivity index (χ1n) is 6.65. The number of aromatic nitrogens is 1. The van der Waals surface area contributed by atoms with Gasteiger partial charge < -0.3 is 15.5 Å². The number of amides is 1. The molecule has 1 heterocycles. The summed E-state index contributed by atoms with van der Waals surface area (Å²) in [6.07, 6.45) is 1.45. The molecular formula is C16H18N2O3. The van der Waals surface area contributed by atoms with E-state index < -0.39 is 17.4 Å². The third-order valence-electron chi connectivity index (χ3n) is 3.62. The molecule has 0 fully saturated rings. The lowest BCUT2D eigenvalue weighted by Crippen LogP contribution is -2.44. The number of hydrogen-bond donors (Lipinski definition) is 3. The minimum atomic E-state index is -1.63. The van der Waals surface area contributed by atoms with E-state index in [1.165, 1.54) is 19.2 Å². The molecule has 21 heavy (non-hydrogen) atoms. The van der Waals surface area contributed by atoms with Crippen molar-refractivity contribution < 1.29 is 15.0 Å². The fourth-order valence-corrected chi connectivity index (χ4v) is 1.99. The smallest absolute Gasteiger partial charge is 0.257 e. The minimum Gasteiger partial charge on any atom is -0.504 e. The predicted molar refractivity (Wildman–Crippen MR) is 80.0 cm³/mol. The Kier molecular flexibility index (Phi) is 4.23. The molecule has 0 radical (unpaired) electrons. The van der Waals surface area contributed by atoms with Gasteiger partial charge >= 0.3 is 0 Å². The van der Waals surface area contributed by atoms with Crippen molar-refractivity contribution in [3.63, 3.8) is 0 Å². The summed E-state index contributed by atoms with van der Waals surface area (Å²) in [5, 5.41) is 22.6. The molecule has 1 amide bonds. The summed E-state index contributed by atoms with van der Waals surface area (Å²) in [6, 6.07) is 12.2. The molecule has 0 aliphatic carbocycles. The lowest BCUT2D eigenvalue weighted by Gasteiger charge is -2.29. The molecule has 2 atom stereocenters. The first-order chi connectivity index (χ1) is 9.93.